The molecule has 2 amide bonds. The van der Waals surface area contributed by atoms with Gasteiger partial charge in [0, 0.05) is 6.42 Å². The summed E-state index contributed by atoms with van der Waals surface area (Å²) in [4.78, 5) is 22.9. The lowest BCUT2D eigenvalue weighted by molar-refractivity contribution is -0.125. The van der Waals surface area contributed by atoms with E-state index in [1.807, 2.05) is 5.32 Å². The molecule has 6 nitrogen and oxygen atoms in total. The molecular weight excluding hydrogens is 258 g/mol. The van der Waals surface area contributed by atoms with Crippen molar-refractivity contribution in [3.8, 4) is 0 Å². The van der Waals surface area contributed by atoms with Crippen molar-refractivity contribution in [1.82, 2.24) is 5.32 Å². The number of imide groups is 1. The van der Waals surface area contributed by atoms with Gasteiger partial charge >= 0.3 is 0 Å². The summed E-state index contributed by atoms with van der Waals surface area (Å²) in [5.41, 5.74) is 0.556. The van der Waals surface area contributed by atoms with Crippen molar-refractivity contribution in [3.05, 3.63) is 35.9 Å². The van der Waals surface area contributed by atoms with Crippen LogP contribution in [-0.4, -0.2) is 29.5 Å². The maximum atomic E-state index is 11.7. The normalized spacial score (nSPS) is 24.1. The zero-order chi connectivity index (χ0) is 13.4. The first-order chi connectivity index (χ1) is 8.35. The minimum Gasteiger partial charge on any atom is -0.295 e. The molecule has 18 heavy (non-hydrogen) atoms. The third-order valence-corrected chi connectivity index (χ3v) is 4.40. The van der Waals surface area contributed by atoms with Gasteiger partial charge in [-0.1, -0.05) is 30.3 Å². The summed E-state index contributed by atoms with van der Waals surface area (Å²) in [6.07, 6.45) is -0.788. The fourth-order valence-electron chi connectivity index (χ4n) is 1.99. The molecule has 1 aromatic rings. The van der Waals surface area contributed by atoms with E-state index in [-0.39, 0.29) is 6.42 Å². The Morgan fingerprint density at radius 1 is 1.22 bits per heavy atom. The predicted octanol–water partition coefficient (Wildman–Crippen LogP) is -0.0978. The zero-order valence-electron chi connectivity index (χ0n) is 9.29. The van der Waals surface area contributed by atoms with E-state index in [1.54, 1.807) is 30.3 Å². The van der Waals surface area contributed by atoms with Crippen LogP contribution in [0.15, 0.2) is 30.3 Å². The molecule has 1 aromatic carbocycles. The molecule has 2 N–H and O–H groups in total. The lowest BCUT2D eigenvalue weighted by atomic mass is 9.97. The number of amides is 2. The van der Waals surface area contributed by atoms with Crippen LogP contribution in [0.5, 0.6) is 0 Å². The predicted molar refractivity (Wildman–Crippen MR) is 62.2 cm³/mol. The topological polar surface area (TPSA) is 101 Å². The van der Waals surface area contributed by atoms with E-state index >= 15 is 0 Å². The quantitative estimate of drug-likeness (QED) is 0.589. The van der Waals surface area contributed by atoms with Crippen molar-refractivity contribution in [3.63, 3.8) is 0 Å². The number of nitrogens with one attached hydrogen (secondary N) is 1. The number of hydrogen-bond donors (Lipinski definition) is 2. The molecule has 0 aliphatic carbocycles. The highest BCUT2D eigenvalue weighted by molar-refractivity contribution is 7.88. The molecule has 96 valence electrons. The Morgan fingerprint density at radius 2 is 1.83 bits per heavy atom. The summed E-state index contributed by atoms with van der Waals surface area (Å²) >= 11 is 0. The molecular formula is C11H11NO5S. The lowest BCUT2D eigenvalue weighted by Gasteiger charge is -2.21. The van der Waals surface area contributed by atoms with Crippen LogP contribution in [0.1, 0.15) is 12.0 Å². The monoisotopic (exact) mass is 269 g/mol. The van der Waals surface area contributed by atoms with Crippen LogP contribution in [0.4, 0.5) is 0 Å². The Morgan fingerprint density at radius 3 is 2.28 bits per heavy atom. The molecule has 0 bridgehead atoms. The van der Waals surface area contributed by atoms with E-state index in [9.17, 15) is 22.6 Å². The van der Waals surface area contributed by atoms with E-state index in [0.717, 1.165) is 0 Å². The molecule has 1 unspecified atom stereocenters. The van der Waals surface area contributed by atoms with E-state index in [0.29, 0.717) is 5.56 Å². The molecule has 0 spiro atoms. The third-order valence-electron chi connectivity index (χ3n) is 2.94. The number of carbonyl (C=O) groups is 2. The molecule has 1 aliphatic heterocycles. The first kappa shape index (κ1) is 12.7. The maximum absolute atomic E-state index is 11.7. The van der Waals surface area contributed by atoms with Crippen molar-refractivity contribution >= 4 is 21.9 Å². The minimum absolute atomic E-state index is 0.232. The molecule has 1 fully saturated rings. The summed E-state index contributed by atoms with van der Waals surface area (Å²) in [7, 11) is -4.68. The second kappa shape index (κ2) is 4.18. The van der Waals surface area contributed by atoms with E-state index in [4.69, 9.17) is 0 Å². The standard InChI is InChI=1S/C11H11NO5S/c13-9-7-11(10(14)12-9,18(15,16)17)6-8-4-2-1-3-5-8/h1-5H,6-7H2,(H,12,13,14)(H,15,16,17). The second-order valence-electron chi connectivity index (χ2n) is 4.19. The minimum atomic E-state index is -4.68. The fraction of sp³-hybridized carbons (Fsp3) is 0.273. The smallest absolute Gasteiger partial charge is 0.280 e. The summed E-state index contributed by atoms with van der Waals surface area (Å²) in [5.74, 6) is -1.67. The number of hydrogen-bond acceptors (Lipinski definition) is 4. The van der Waals surface area contributed by atoms with Gasteiger partial charge in [0.25, 0.3) is 16.0 Å². The Kier molecular flexibility index (Phi) is 2.95. The highest BCUT2D eigenvalue weighted by atomic mass is 32.2. The van der Waals surface area contributed by atoms with E-state index in [1.165, 1.54) is 0 Å². The molecule has 0 aromatic heterocycles. The first-order valence-corrected chi connectivity index (χ1v) is 6.64. The lowest BCUT2D eigenvalue weighted by Crippen LogP contribution is -2.47. The van der Waals surface area contributed by atoms with Crippen LogP contribution in [0.2, 0.25) is 0 Å². The Hall–Kier alpha value is -1.73. The number of benzene rings is 1. The van der Waals surface area contributed by atoms with Gasteiger partial charge in [-0.3, -0.25) is 19.5 Å². The van der Waals surface area contributed by atoms with E-state index < -0.39 is 33.1 Å². The van der Waals surface area contributed by atoms with Gasteiger partial charge in [0.2, 0.25) is 5.91 Å². The average Bonchev–Trinajstić information content (AvgIpc) is 2.55. The highest BCUT2D eigenvalue weighted by Gasteiger charge is 2.56. The molecule has 1 saturated heterocycles. The van der Waals surface area contributed by atoms with Crippen LogP contribution < -0.4 is 5.32 Å². The van der Waals surface area contributed by atoms with Crippen molar-refractivity contribution < 1.29 is 22.6 Å². The molecule has 0 radical (unpaired) electrons. The van der Waals surface area contributed by atoms with Crippen LogP contribution in [0, 0.1) is 0 Å². The van der Waals surface area contributed by atoms with Crippen LogP contribution in [0.25, 0.3) is 0 Å². The van der Waals surface area contributed by atoms with E-state index in [2.05, 4.69) is 0 Å². The second-order valence-corrected chi connectivity index (χ2v) is 5.92. The largest absolute Gasteiger partial charge is 0.295 e. The molecule has 2 rings (SSSR count). The molecule has 0 saturated carbocycles. The van der Waals surface area contributed by atoms with Gasteiger partial charge in [0.15, 0.2) is 4.75 Å². The summed E-state index contributed by atoms with van der Waals surface area (Å²) in [5, 5.41) is 1.92. The van der Waals surface area contributed by atoms with Gasteiger partial charge in [-0.15, -0.1) is 0 Å². The van der Waals surface area contributed by atoms with Gasteiger partial charge < -0.3 is 0 Å². The molecule has 1 aliphatic rings. The zero-order valence-corrected chi connectivity index (χ0v) is 10.1. The Labute approximate surface area is 104 Å². The average molecular weight is 269 g/mol. The van der Waals surface area contributed by atoms with Gasteiger partial charge in [0.1, 0.15) is 0 Å². The summed E-state index contributed by atoms with van der Waals surface area (Å²) in [6.45, 7) is 0. The summed E-state index contributed by atoms with van der Waals surface area (Å²) in [6, 6.07) is 8.36. The Bertz CT molecular complexity index is 595. The fourth-order valence-corrected chi connectivity index (χ4v) is 2.94. The van der Waals surface area contributed by atoms with Crippen LogP contribution in [-0.2, 0) is 26.1 Å². The van der Waals surface area contributed by atoms with Gasteiger partial charge in [0.05, 0.1) is 6.42 Å². The highest BCUT2D eigenvalue weighted by Crippen LogP contribution is 2.30. The summed E-state index contributed by atoms with van der Waals surface area (Å²) < 4.78 is 30.1. The maximum Gasteiger partial charge on any atom is 0.280 e. The third kappa shape index (κ3) is 2.02. The van der Waals surface area contributed by atoms with Crippen LogP contribution >= 0.6 is 0 Å². The van der Waals surface area contributed by atoms with Gasteiger partial charge in [-0.2, -0.15) is 8.42 Å². The number of rotatable bonds is 3. The van der Waals surface area contributed by atoms with Crippen molar-refractivity contribution in [1.29, 1.82) is 0 Å². The molecule has 1 heterocycles. The van der Waals surface area contributed by atoms with Crippen molar-refractivity contribution in [2.24, 2.45) is 0 Å². The Balaban J connectivity index is 2.46. The van der Waals surface area contributed by atoms with Crippen molar-refractivity contribution in [2.45, 2.75) is 17.6 Å². The molecule has 7 heteroatoms. The van der Waals surface area contributed by atoms with Crippen LogP contribution in [0.3, 0.4) is 0 Å². The molecule has 1 atom stereocenters. The first-order valence-electron chi connectivity index (χ1n) is 5.20. The van der Waals surface area contributed by atoms with Gasteiger partial charge in [-0.25, -0.2) is 0 Å². The number of carbonyl (C=O) groups excluding carboxylic acids is 2. The van der Waals surface area contributed by atoms with Crippen molar-refractivity contribution in [2.75, 3.05) is 0 Å². The van der Waals surface area contributed by atoms with Gasteiger partial charge in [-0.05, 0) is 5.56 Å². The SMILES string of the molecule is O=C1CC(Cc2ccccc2)(S(=O)(=O)O)C(=O)N1.